The van der Waals surface area contributed by atoms with Gasteiger partial charge in [0.1, 0.15) is 0 Å². The van der Waals surface area contributed by atoms with Gasteiger partial charge in [-0.2, -0.15) is 0 Å². The predicted octanol–water partition coefficient (Wildman–Crippen LogP) is 2.10. The zero-order valence-corrected chi connectivity index (χ0v) is 11.4. The van der Waals surface area contributed by atoms with Gasteiger partial charge in [0, 0.05) is 24.2 Å². The lowest BCUT2D eigenvalue weighted by atomic mass is 10.1. The number of carbonyl (C=O) groups excluding carboxylic acids is 1. The maximum atomic E-state index is 11.9. The molecule has 0 fully saturated rings. The molecule has 1 aliphatic carbocycles. The lowest BCUT2D eigenvalue weighted by Gasteiger charge is -2.20. The third kappa shape index (κ3) is 6.21. The number of hydrogen-bond donors (Lipinski definition) is 2. The number of hydrogen-bond acceptors (Lipinski definition) is 2. The van der Waals surface area contributed by atoms with Gasteiger partial charge in [-0.25, -0.2) is 0 Å². The molecule has 0 unspecified atom stereocenters. The maximum absolute atomic E-state index is 11.9. The second kappa shape index (κ2) is 6.97. The van der Waals surface area contributed by atoms with Crippen molar-refractivity contribution in [3.8, 4) is 0 Å². The van der Waals surface area contributed by atoms with Crippen LogP contribution in [0, 0.1) is 0 Å². The van der Waals surface area contributed by atoms with Crippen LogP contribution in [-0.2, 0) is 4.79 Å². The quantitative estimate of drug-likeness (QED) is 0.746. The minimum atomic E-state index is -0.0399. The number of amides is 1. The Kier molecular flexibility index (Phi) is 5.59. The van der Waals surface area contributed by atoms with Crippen molar-refractivity contribution in [3.05, 3.63) is 48.1 Å². The van der Waals surface area contributed by atoms with E-state index in [0.717, 1.165) is 6.54 Å². The summed E-state index contributed by atoms with van der Waals surface area (Å²) >= 11 is 0. The van der Waals surface area contributed by atoms with Crippen LogP contribution >= 0.6 is 0 Å². The van der Waals surface area contributed by atoms with Crippen molar-refractivity contribution >= 4 is 5.91 Å². The molecule has 0 saturated carbocycles. The molecule has 0 radical (unpaired) electrons. The molecule has 1 amide bonds. The fraction of sp³-hybridized carbons (Fsp3) is 0.400. The van der Waals surface area contributed by atoms with Gasteiger partial charge in [-0.15, -0.1) is 0 Å². The zero-order valence-electron chi connectivity index (χ0n) is 11.4. The molecule has 3 heteroatoms. The van der Waals surface area contributed by atoms with E-state index in [4.69, 9.17) is 0 Å². The van der Waals surface area contributed by atoms with E-state index >= 15 is 0 Å². The van der Waals surface area contributed by atoms with Crippen molar-refractivity contribution < 1.29 is 4.79 Å². The standard InChI is InChI=1S/C15H22N2O/c1-15(2,3)17-12-11-16-14(18)13-9-7-5-4-6-8-10-13/h4-10,17H,11-12H2,1-3H3,(H,16,18)/b5-4-,6-4?,7-5?,8-6-,9-7-,10-8?,13-9?,13-10+. The van der Waals surface area contributed by atoms with Crippen molar-refractivity contribution in [2.24, 2.45) is 0 Å². The molecule has 0 heterocycles. The van der Waals surface area contributed by atoms with Gasteiger partial charge in [-0.05, 0) is 32.9 Å². The van der Waals surface area contributed by atoms with Gasteiger partial charge >= 0.3 is 0 Å². The highest BCUT2D eigenvalue weighted by Gasteiger charge is 2.09. The number of nitrogens with one attached hydrogen (secondary N) is 2. The van der Waals surface area contributed by atoms with Gasteiger partial charge in [0.05, 0.1) is 0 Å². The SMILES string of the molecule is CC(C)(C)NCCNC(=O)C1=C/C=C\C=C/C=C\1. The lowest BCUT2D eigenvalue weighted by molar-refractivity contribution is -0.117. The van der Waals surface area contributed by atoms with Crippen LogP contribution in [0.15, 0.2) is 48.1 Å². The molecule has 1 rings (SSSR count). The van der Waals surface area contributed by atoms with Crippen molar-refractivity contribution in [1.82, 2.24) is 10.6 Å². The molecule has 98 valence electrons. The molecule has 0 aromatic rings. The highest BCUT2D eigenvalue weighted by atomic mass is 16.1. The molecule has 18 heavy (non-hydrogen) atoms. The fourth-order valence-electron chi connectivity index (χ4n) is 1.43. The first-order valence-corrected chi connectivity index (χ1v) is 6.24. The second-order valence-corrected chi connectivity index (χ2v) is 5.18. The monoisotopic (exact) mass is 246 g/mol. The first kappa shape index (κ1) is 14.5. The smallest absolute Gasteiger partial charge is 0.251 e. The van der Waals surface area contributed by atoms with Crippen LogP contribution < -0.4 is 10.6 Å². The molecule has 1 aliphatic rings. The van der Waals surface area contributed by atoms with E-state index in [1.54, 1.807) is 0 Å². The summed E-state index contributed by atoms with van der Waals surface area (Å²) in [7, 11) is 0. The lowest BCUT2D eigenvalue weighted by Crippen LogP contribution is -2.41. The van der Waals surface area contributed by atoms with Gasteiger partial charge in [-0.1, -0.05) is 30.4 Å². The highest BCUT2D eigenvalue weighted by Crippen LogP contribution is 2.01. The van der Waals surface area contributed by atoms with E-state index in [2.05, 4.69) is 31.4 Å². The Bertz CT molecular complexity index is 395. The summed E-state index contributed by atoms with van der Waals surface area (Å²) in [5.74, 6) is -0.0399. The Morgan fingerprint density at radius 2 is 1.72 bits per heavy atom. The van der Waals surface area contributed by atoms with Crippen LogP contribution in [0.5, 0.6) is 0 Å². The number of carbonyl (C=O) groups is 1. The molecule has 0 aromatic carbocycles. The molecular formula is C15H22N2O. The Balaban J connectivity index is 2.37. The Hall–Kier alpha value is -1.61. The van der Waals surface area contributed by atoms with E-state index in [1.165, 1.54) is 0 Å². The van der Waals surface area contributed by atoms with E-state index in [1.807, 2.05) is 42.5 Å². The van der Waals surface area contributed by atoms with E-state index in [-0.39, 0.29) is 11.4 Å². The van der Waals surface area contributed by atoms with Crippen molar-refractivity contribution in [2.45, 2.75) is 26.3 Å². The molecule has 3 nitrogen and oxygen atoms in total. The van der Waals surface area contributed by atoms with Gasteiger partial charge in [0.15, 0.2) is 0 Å². The largest absolute Gasteiger partial charge is 0.351 e. The van der Waals surface area contributed by atoms with Crippen molar-refractivity contribution in [1.29, 1.82) is 0 Å². The number of rotatable bonds is 4. The van der Waals surface area contributed by atoms with Crippen LogP contribution in [0.25, 0.3) is 0 Å². The summed E-state index contributed by atoms with van der Waals surface area (Å²) in [4.78, 5) is 11.9. The Morgan fingerprint density at radius 1 is 1.06 bits per heavy atom. The van der Waals surface area contributed by atoms with E-state index in [0.29, 0.717) is 12.1 Å². The van der Waals surface area contributed by atoms with Crippen LogP contribution in [0.4, 0.5) is 0 Å². The van der Waals surface area contributed by atoms with E-state index < -0.39 is 0 Å². The summed E-state index contributed by atoms with van der Waals surface area (Å²) in [6.45, 7) is 7.70. The van der Waals surface area contributed by atoms with Gasteiger partial charge in [0.25, 0.3) is 5.91 Å². The normalized spacial score (nSPS) is 23.2. The number of allylic oxidation sites excluding steroid dienone is 6. The topological polar surface area (TPSA) is 41.1 Å². The molecule has 0 aliphatic heterocycles. The molecule has 0 aromatic heterocycles. The molecule has 2 N–H and O–H groups in total. The predicted molar refractivity (Wildman–Crippen MR) is 76.3 cm³/mol. The summed E-state index contributed by atoms with van der Waals surface area (Å²) < 4.78 is 0. The zero-order chi connectivity index (χ0) is 13.4. The highest BCUT2D eigenvalue weighted by molar-refractivity contribution is 5.96. The molecule has 0 saturated heterocycles. The molecule has 0 bridgehead atoms. The van der Waals surface area contributed by atoms with Crippen LogP contribution in [0.2, 0.25) is 0 Å². The summed E-state index contributed by atoms with van der Waals surface area (Å²) in [5, 5.41) is 6.22. The fourth-order valence-corrected chi connectivity index (χ4v) is 1.43. The van der Waals surface area contributed by atoms with E-state index in [9.17, 15) is 4.79 Å². The van der Waals surface area contributed by atoms with Crippen LogP contribution in [0.1, 0.15) is 20.8 Å². The summed E-state index contributed by atoms with van der Waals surface area (Å²) in [6.07, 6.45) is 13.1. The van der Waals surface area contributed by atoms with Crippen molar-refractivity contribution in [3.63, 3.8) is 0 Å². The Labute approximate surface area is 109 Å². The first-order chi connectivity index (χ1) is 8.49. The summed E-state index contributed by atoms with van der Waals surface area (Å²) in [6, 6.07) is 0. The molecule has 0 spiro atoms. The van der Waals surface area contributed by atoms with Gasteiger partial charge in [0.2, 0.25) is 0 Å². The van der Waals surface area contributed by atoms with Crippen LogP contribution in [-0.4, -0.2) is 24.5 Å². The Morgan fingerprint density at radius 3 is 2.44 bits per heavy atom. The minimum Gasteiger partial charge on any atom is -0.351 e. The maximum Gasteiger partial charge on any atom is 0.251 e. The average Bonchev–Trinajstić information content (AvgIpc) is 2.22. The summed E-state index contributed by atoms with van der Waals surface area (Å²) in [5.41, 5.74) is 0.754. The average molecular weight is 246 g/mol. The molecule has 0 atom stereocenters. The van der Waals surface area contributed by atoms with Gasteiger partial charge in [-0.3, -0.25) is 4.79 Å². The third-order valence-electron chi connectivity index (χ3n) is 2.32. The van der Waals surface area contributed by atoms with Gasteiger partial charge < -0.3 is 10.6 Å². The first-order valence-electron chi connectivity index (χ1n) is 6.24. The second-order valence-electron chi connectivity index (χ2n) is 5.18. The third-order valence-corrected chi connectivity index (χ3v) is 2.32. The van der Waals surface area contributed by atoms with Crippen LogP contribution in [0.3, 0.4) is 0 Å². The minimum absolute atomic E-state index is 0.0399. The molecular weight excluding hydrogens is 224 g/mol. The van der Waals surface area contributed by atoms with Crippen molar-refractivity contribution in [2.75, 3.05) is 13.1 Å².